The van der Waals surface area contributed by atoms with E-state index in [1.54, 1.807) is 34.9 Å². The number of carbonyl (C=O) groups excluding carboxylic acids is 3. The molecule has 2 heterocycles. The summed E-state index contributed by atoms with van der Waals surface area (Å²) in [5.74, 6) is -0.927. The average molecular weight is 379 g/mol. The number of carbonyl (C=O) groups is 3. The van der Waals surface area contributed by atoms with Crippen LogP contribution in [-0.2, 0) is 14.3 Å². The highest BCUT2D eigenvalue weighted by atomic mass is 35.5. The van der Waals surface area contributed by atoms with Gasteiger partial charge >= 0.3 is 5.97 Å². The van der Waals surface area contributed by atoms with E-state index in [1.807, 2.05) is 0 Å². The highest BCUT2D eigenvalue weighted by Crippen LogP contribution is 2.28. The molecular weight excluding hydrogens is 360 g/mol. The third-order valence-electron chi connectivity index (χ3n) is 4.49. The molecule has 2 aromatic rings. The van der Waals surface area contributed by atoms with E-state index in [0.717, 1.165) is 5.39 Å². The first-order valence-electron chi connectivity index (χ1n) is 8.26. The van der Waals surface area contributed by atoms with Crippen LogP contribution >= 0.6 is 11.6 Å². The van der Waals surface area contributed by atoms with Gasteiger partial charge in [0.05, 0.1) is 0 Å². The summed E-state index contributed by atoms with van der Waals surface area (Å²) in [4.78, 5) is 39.1. The van der Waals surface area contributed by atoms with Crippen molar-refractivity contribution in [3.05, 3.63) is 34.5 Å². The van der Waals surface area contributed by atoms with Gasteiger partial charge < -0.3 is 19.0 Å². The van der Waals surface area contributed by atoms with Crippen LogP contribution in [0, 0.1) is 6.92 Å². The standard InChI is InChI=1S/C18H19ClN2O5/c1-11-14-9-13(19)3-4-15(14)26-17(11)18(24)25-10-16(23)21-7-5-20(6-8-21)12(2)22/h3-4,9H,5-8,10H2,1-2H3. The fourth-order valence-electron chi connectivity index (χ4n) is 2.94. The molecule has 0 unspecified atom stereocenters. The fourth-order valence-corrected chi connectivity index (χ4v) is 3.11. The summed E-state index contributed by atoms with van der Waals surface area (Å²) in [5, 5.41) is 1.28. The maximum absolute atomic E-state index is 12.3. The Morgan fingerprint density at radius 3 is 2.46 bits per heavy atom. The summed E-state index contributed by atoms with van der Waals surface area (Å²) >= 11 is 5.97. The lowest BCUT2D eigenvalue weighted by atomic mass is 10.1. The minimum absolute atomic E-state index is 0.0102. The first-order valence-corrected chi connectivity index (χ1v) is 8.63. The van der Waals surface area contributed by atoms with Gasteiger partial charge in [0.2, 0.25) is 11.7 Å². The second-order valence-corrected chi connectivity index (χ2v) is 6.60. The number of benzene rings is 1. The van der Waals surface area contributed by atoms with Crippen LogP contribution in [0.15, 0.2) is 22.6 Å². The zero-order valence-electron chi connectivity index (χ0n) is 14.6. The number of furan rings is 1. The number of piperazine rings is 1. The SMILES string of the molecule is CC(=O)N1CCN(C(=O)COC(=O)c2oc3ccc(Cl)cc3c2C)CC1. The monoisotopic (exact) mass is 378 g/mol. The molecule has 0 N–H and O–H groups in total. The van der Waals surface area contributed by atoms with Gasteiger partial charge in [-0.25, -0.2) is 4.79 Å². The highest BCUT2D eigenvalue weighted by Gasteiger charge is 2.25. The van der Waals surface area contributed by atoms with Crippen molar-refractivity contribution in [2.75, 3.05) is 32.8 Å². The largest absolute Gasteiger partial charge is 0.450 e. The summed E-state index contributed by atoms with van der Waals surface area (Å²) in [6.07, 6.45) is 0. The number of nitrogens with zero attached hydrogens (tertiary/aromatic N) is 2. The molecule has 3 rings (SSSR count). The Labute approximate surface area is 155 Å². The van der Waals surface area contributed by atoms with Gasteiger partial charge in [0.25, 0.3) is 5.91 Å². The van der Waals surface area contributed by atoms with Gasteiger partial charge in [0.15, 0.2) is 6.61 Å². The van der Waals surface area contributed by atoms with E-state index in [9.17, 15) is 14.4 Å². The van der Waals surface area contributed by atoms with Gasteiger partial charge in [0.1, 0.15) is 5.58 Å². The third kappa shape index (κ3) is 3.67. The highest BCUT2D eigenvalue weighted by molar-refractivity contribution is 6.31. The Hall–Kier alpha value is -2.54. The van der Waals surface area contributed by atoms with Crippen LogP contribution < -0.4 is 0 Å². The number of rotatable bonds is 3. The number of amides is 2. The van der Waals surface area contributed by atoms with E-state index in [0.29, 0.717) is 42.3 Å². The maximum atomic E-state index is 12.3. The van der Waals surface area contributed by atoms with E-state index in [4.69, 9.17) is 20.8 Å². The Balaban J connectivity index is 1.60. The normalized spacial score (nSPS) is 14.6. The molecule has 1 saturated heterocycles. The van der Waals surface area contributed by atoms with Crippen LogP contribution in [0.5, 0.6) is 0 Å². The molecule has 1 aliphatic heterocycles. The number of hydrogen-bond donors (Lipinski definition) is 0. The Morgan fingerprint density at radius 2 is 1.81 bits per heavy atom. The maximum Gasteiger partial charge on any atom is 0.375 e. The first-order chi connectivity index (χ1) is 12.4. The predicted octanol–water partition coefficient (Wildman–Crippen LogP) is 2.24. The van der Waals surface area contributed by atoms with Gasteiger partial charge in [-0.1, -0.05) is 11.6 Å². The second-order valence-electron chi connectivity index (χ2n) is 6.16. The summed E-state index contributed by atoms with van der Waals surface area (Å²) in [6.45, 7) is 4.70. The molecule has 138 valence electrons. The topological polar surface area (TPSA) is 80.1 Å². The zero-order valence-corrected chi connectivity index (χ0v) is 15.3. The van der Waals surface area contributed by atoms with Crippen molar-refractivity contribution >= 4 is 40.4 Å². The van der Waals surface area contributed by atoms with Crippen LogP contribution in [-0.4, -0.2) is 60.4 Å². The van der Waals surface area contributed by atoms with E-state index >= 15 is 0 Å². The average Bonchev–Trinajstić information content (AvgIpc) is 2.96. The van der Waals surface area contributed by atoms with E-state index in [2.05, 4.69) is 0 Å². The molecule has 2 amide bonds. The molecule has 1 fully saturated rings. The zero-order chi connectivity index (χ0) is 18.8. The molecule has 1 aliphatic rings. The molecule has 0 spiro atoms. The summed E-state index contributed by atoms with van der Waals surface area (Å²) in [7, 11) is 0. The lowest BCUT2D eigenvalue weighted by Crippen LogP contribution is -2.51. The molecular formula is C18H19ClN2O5. The summed E-state index contributed by atoms with van der Waals surface area (Å²) < 4.78 is 10.7. The molecule has 0 saturated carbocycles. The molecule has 1 aromatic heterocycles. The quantitative estimate of drug-likeness (QED) is 0.765. The first kappa shape index (κ1) is 18.3. The molecule has 1 aromatic carbocycles. The van der Waals surface area contributed by atoms with Crippen LogP contribution in [0.2, 0.25) is 5.02 Å². The summed E-state index contributed by atoms with van der Waals surface area (Å²) in [6, 6.07) is 5.07. The van der Waals surface area contributed by atoms with Crippen LogP contribution in [0.25, 0.3) is 11.0 Å². The van der Waals surface area contributed by atoms with Crippen molar-refractivity contribution in [3.8, 4) is 0 Å². The van der Waals surface area contributed by atoms with Crippen molar-refractivity contribution in [3.63, 3.8) is 0 Å². The second kappa shape index (κ2) is 7.37. The lowest BCUT2D eigenvalue weighted by Gasteiger charge is -2.34. The Kier molecular flexibility index (Phi) is 5.18. The smallest absolute Gasteiger partial charge is 0.375 e. The molecule has 0 bridgehead atoms. The lowest BCUT2D eigenvalue weighted by molar-refractivity contribution is -0.140. The molecule has 7 nitrogen and oxygen atoms in total. The van der Waals surface area contributed by atoms with Crippen LogP contribution in [0.3, 0.4) is 0 Å². The number of fused-ring (bicyclic) bond motifs is 1. The number of halogens is 1. The van der Waals surface area contributed by atoms with Crippen LogP contribution in [0.4, 0.5) is 0 Å². The van der Waals surface area contributed by atoms with Gasteiger partial charge in [-0.15, -0.1) is 0 Å². The number of aryl methyl sites for hydroxylation is 1. The number of ether oxygens (including phenoxy) is 1. The van der Waals surface area contributed by atoms with Crippen molar-refractivity contribution in [1.82, 2.24) is 9.80 Å². The summed E-state index contributed by atoms with van der Waals surface area (Å²) in [5.41, 5.74) is 1.15. The molecule has 26 heavy (non-hydrogen) atoms. The molecule has 0 aliphatic carbocycles. The van der Waals surface area contributed by atoms with Crippen molar-refractivity contribution < 1.29 is 23.5 Å². The predicted molar refractivity (Wildman–Crippen MR) is 95.1 cm³/mol. The van der Waals surface area contributed by atoms with Crippen LogP contribution in [0.1, 0.15) is 23.0 Å². The van der Waals surface area contributed by atoms with E-state index in [1.165, 1.54) is 6.92 Å². The van der Waals surface area contributed by atoms with E-state index in [-0.39, 0.29) is 24.2 Å². The minimum Gasteiger partial charge on any atom is -0.450 e. The van der Waals surface area contributed by atoms with Crippen molar-refractivity contribution in [1.29, 1.82) is 0 Å². The van der Waals surface area contributed by atoms with Crippen molar-refractivity contribution in [2.24, 2.45) is 0 Å². The minimum atomic E-state index is -0.689. The number of hydrogen-bond acceptors (Lipinski definition) is 5. The number of esters is 1. The fraction of sp³-hybridized carbons (Fsp3) is 0.389. The van der Waals surface area contributed by atoms with Gasteiger partial charge in [-0.05, 0) is 25.1 Å². The van der Waals surface area contributed by atoms with Gasteiger partial charge in [-0.2, -0.15) is 0 Å². The third-order valence-corrected chi connectivity index (χ3v) is 4.72. The molecule has 0 radical (unpaired) electrons. The molecule has 0 atom stereocenters. The van der Waals surface area contributed by atoms with Gasteiger partial charge in [0, 0.05) is 49.1 Å². The Bertz CT molecular complexity index is 868. The van der Waals surface area contributed by atoms with Crippen molar-refractivity contribution in [2.45, 2.75) is 13.8 Å². The van der Waals surface area contributed by atoms with E-state index < -0.39 is 5.97 Å². The molecule has 8 heteroatoms. The Morgan fingerprint density at radius 1 is 1.15 bits per heavy atom. The van der Waals surface area contributed by atoms with Gasteiger partial charge in [-0.3, -0.25) is 9.59 Å².